The predicted octanol–water partition coefficient (Wildman–Crippen LogP) is 3.45. The van der Waals surface area contributed by atoms with Crippen LogP contribution in [0, 0.1) is 0 Å². The molecule has 0 aliphatic carbocycles. The molecule has 0 radical (unpaired) electrons. The van der Waals surface area contributed by atoms with Gasteiger partial charge in [-0.25, -0.2) is 4.98 Å². The Labute approximate surface area is 126 Å². The van der Waals surface area contributed by atoms with Gasteiger partial charge in [0.2, 0.25) is 0 Å². The number of rotatable bonds is 7. The normalized spacial score (nSPS) is 11.2. The van der Waals surface area contributed by atoms with E-state index >= 15 is 0 Å². The molecule has 114 valence electrons. The number of unbranched alkanes of at least 4 members (excludes halogenated alkanes) is 2. The van der Waals surface area contributed by atoms with Crippen LogP contribution in [0.1, 0.15) is 31.7 Å². The average molecular weight is 287 g/mol. The number of nitrogens with two attached hydrogens (primary N) is 1. The lowest BCUT2D eigenvalue weighted by atomic mass is 10.1. The van der Waals surface area contributed by atoms with Gasteiger partial charge in [-0.2, -0.15) is 0 Å². The van der Waals surface area contributed by atoms with Crippen LogP contribution in [0.2, 0.25) is 0 Å². The topological polar surface area (TPSA) is 51.4 Å². The lowest BCUT2D eigenvalue weighted by molar-refractivity contribution is 0.318. The summed E-state index contributed by atoms with van der Waals surface area (Å²) in [6.45, 7) is 4.15. The highest BCUT2D eigenvalue weighted by Crippen LogP contribution is 2.23. The number of anilines is 1. The minimum atomic E-state index is 0.609. The second-order valence-corrected chi connectivity index (χ2v) is 5.54. The van der Waals surface area contributed by atoms with Crippen molar-refractivity contribution in [2.45, 2.75) is 32.7 Å². The maximum Gasteiger partial charge on any atom is 0.128 e. The smallest absolute Gasteiger partial charge is 0.128 e. The van der Waals surface area contributed by atoms with Crippen LogP contribution >= 0.6 is 0 Å². The number of nitrogen functional groups attached to an aromatic ring is 1. The SMILES string of the molecule is CCCCCN(C)Cc1cc2ccc(OC)cc2nc1N. The van der Waals surface area contributed by atoms with Crippen molar-refractivity contribution in [2.24, 2.45) is 0 Å². The highest BCUT2D eigenvalue weighted by Gasteiger charge is 2.08. The summed E-state index contributed by atoms with van der Waals surface area (Å²) in [7, 11) is 3.79. The van der Waals surface area contributed by atoms with Crippen molar-refractivity contribution in [1.82, 2.24) is 9.88 Å². The number of pyridine rings is 1. The molecule has 0 amide bonds. The highest BCUT2D eigenvalue weighted by molar-refractivity contribution is 5.82. The molecule has 2 aromatic rings. The molecule has 2 N–H and O–H groups in total. The molecule has 0 unspecified atom stereocenters. The Morgan fingerprint density at radius 1 is 1.24 bits per heavy atom. The summed E-state index contributed by atoms with van der Waals surface area (Å²) in [5.74, 6) is 1.41. The van der Waals surface area contributed by atoms with E-state index in [1.807, 2.05) is 18.2 Å². The molecule has 1 aromatic heterocycles. The minimum absolute atomic E-state index is 0.609. The van der Waals surface area contributed by atoms with Crippen molar-refractivity contribution in [3.63, 3.8) is 0 Å². The summed E-state index contributed by atoms with van der Waals surface area (Å²) in [4.78, 5) is 6.81. The first-order chi connectivity index (χ1) is 10.1. The number of hydrogen-bond donors (Lipinski definition) is 1. The van der Waals surface area contributed by atoms with Crippen LogP contribution in [-0.4, -0.2) is 30.6 Å². The van der Waals surface area contributed by atoms with Crippen LogP contribution in [0.4, 0.5) is 5.82 Å². The van der Waals surface area contributed by atoms with E-state index in [9.17, 15) is 0 Å². The van der Waals surface area contributed by atoms with Gasteiger partial charge in [0.05, 0.1) is 12.6 Å². The van der Waals surface area contributed by atoms with Crippen LogP contribution in [0.3, 0.4) is 0 Å². The molecule has 1 aromatic carbocycles. The predicted molar refractivity (Wildman–Crippen MR) is 88.6 cm³/mol. The third-order valence-corrected chi connectivity index (χ3v) is 3.72. The zero-order chi connectivity index (χ0) is 15.2. The van der Waals surface area contributed by atoms with Crippen molar-refractivity contribution in [3.8, 4) is 5.75 Å². The van der Waals surface area contributed by atoms with Crippen LogP contribution in [0.15, 0.2) is 24.3 Å². The van der Waals surface area contributed by atoms with Crippen LogP contribution in [-0.2, 0) is 6.54 Å². The van der Waals surface area contributed by atoms with E-state index in [4.69, 9.17) is 10.5 Å². The van der Waals surface area contributed by atoms with E-state index in [2.05, 4.69) is 29.9 Å². The van der Waals surface area contributed by atoms with Crippen molar-refractivity contribution < 1.29 is 4.74 Å². The largest absolute Gasteiger partial charge is 0.497 e. The van der Waals surface area contributed by atoms with E-state index in [1.54, 1.807) is 7.11 Å². The average Bonchev–Trinajstić information content (AvgIpc) is 2.48. The molecule has 0 bridgehead atoms. The molecule has 0 atom stereocenters. The van der Waals surface area contributed by atoms with Gasteiger partial charge in [-0.3, -0.25) is 0 Å². The standard InChI is InChI=1S/C17H25N3O/c1-4-5-6-9-20(2)12-14-10-13-7-8-15(21-3)11-16(13)19-17(14)18/h7-8,10-11H,4-6,9,12H2,1-3H3,(H2,18,19). The van der Waals surface area contributed by atoms with E-state index in [0.29, 0.717) is 5.82 Å². The molecule has 4 heteroatoms. The number of nitrogens with zero attached hydrogens (tertiary/aromatic N) is 2. The molecule has 1 heterocycles. The van der Waals surface area contributed by atoms with Crippen molar-refractivity contribution in [2.75, 3.05) is 26.4 Å². The lowest BCUT2D eigenvalue weighted by Gasteiger charge is -2.17. The molecule has 0 saturated heterocycles. The van der Waals surface area contributed by atoms with Gasteiger partial charge in [-0.1, -0.05) is 19.8 Å². The molecule has 0 fully saturated rings. The third kappa shape index (κ3) is 4.08. The Morgan fingerprint density at radius 3 is 2.76 bits per heavy atom. The van der Waals surface area contributed by atoms with Crippen molar-refractivity contribution in [3.05, 3.63) is 29.8 Å². The first-order valence-electron chi connectivity index (χ1n) is 7.55. The first-order valence-corrected chi connectivity index (χ1v) is 7.55. The zero-order valence-corrected chi connectivity index (χ0v) is 13.2. The second kappa shape index (κ2) is 7.27. The van der Waals surface area contributed by atoms with Crippen molar-refractivity contribution in [1.29, 1.82) is 0 Å². The molecule has 0 aliphatic rings. The van der Waals surface area contributed by atoms with Gasteiger partial charge in [0, 0.05) is 23.6 Å². The maximum absolute atomic E-state index is 6.10. The zero-order valence-electron chi connectivity index (χ0n) is 13.2. The summed E-state index contributed by atoms with van der Waals surface area (Å²) in [5, 5.41) is 1.10. The fraction of sp³-hybridized carbons (Fsp3) is 0.471. The number of hydrogen-bond acceptors (Lipinski definition) is 4. The van der Waals surface area contributed by atoms with E-state index in [-0.39, 0.29) is 0 Å². The van der Waals surface area contributed by atoms with E-state index in [0.717, 1.165) is 35.3 Å². The van der Waals surface area contributed by atoms with Crippen LogP contribution in [0.25, 0.3) is 10.9 Å². The van der Waals surface area contributed by atoms with Gasteiger partial charge in [0.1, 0.15) is 11.6 Å². The van der Waals surface area contributed by atoms with Gasteiger partial charge < -0.3 is 15.4 Å². The first kappa shape index (κ1) is 15.6. The van der Waals surface area contributed by atoms with Gasteiger partial charge in [-0.15, -0.1) is 0 Å². The Hall–Kier alpha value is -1.81. The molecule has 4 nitrogen and oxygen atoms in total. The molecular formula is C17H25N3O. The molecule has 2 rings (SSSR count). The molecular weight excluding hydrogens is 262 g/mol. The third-order valence-electron chi connectivity index (χ3n) is 3.72. The Balaban J connectivity index is 2.15. The quantitative estimate of drug-likeness (QED) is 0.792. The summed E-state index contributed by atoms with van der Waals surface area (Å²) in [6.07, 6.45) is 3.75. The molecule has 21 heavy (non-hydrogen) atoms. The second-order valence-electron chi connectivity index (χ2n) is 5.54. The number of benzene rings is 1. The fourth-order valence-electron chi connectivity index (χ4n) is 2.46. The van der Waals surface area contributed by atoms with Gasteiger partial charge >= 0.3 is 0 Å². The minimum Gasteiger partial charge on any atom is -0.497 e. The number of fused-ring (bicyclic) bond motifs is 1. The highest BCUT2D eigenvalue weighted by atomic mass is 16.5. The fourth-order valence-corrected chi connectivity index (χ4v) is 2.46. The Kier molecular flexibility index (Phi) is 5.39. The van der Waals surface area contributed by atoms with Gasteiger partial charge in [-0.05, 0) is 38.2 Å². The van der Waals surface area contributed by atoms with Crippen molar-refractivity contribution >= 4 is 16.7 Å². The van der Waals surface area contributed by atoms with Crippen LogP contribution < -0.4 is 10.5 Å². The molecule has 0 spiro atoms. The summed E-state index contributed by atoms with van der Waals surface area (Å²) >= 11 is 0. The molecule has 0 aliphatic heterocycles. The maximum atomic E-state index is 6.10. The monoisotopic (exact) mass is 287 g/mol. The van der Waals surface area contributed by atoms with E-state index < -0.39 is 0 Å². The summed E-state index contributed by atoms with van der Waals surface area (Å²) < 4.78 is 5.22. The van der Waals surface area contributed by atoms with Gasteiger partial charge in [0.15, 0.2) is 0 Å². The lowest BCUT2D eigenvalue weighted by Crippen LogP contribution is -2.20. The summed E-state index contributed by atoms with van der Waals surface area (Å²) in [5.41, 5.74) is 8.07. The Bertz CT molecular complexity index is 598. The number of aromatic nitrogens is 1. The van der Waals surface area contributed by atoms with E-state index in [1.165, 1.54) is 19.3 Å². The summed E-state index contributed by atoms with van der Waals surface area (Å²) in [6, 6.07) is 8.03. The number of methoxy groups -OCH3 is 1. The number of ether oxygens (including phenoxy) is 1. The molecule has 0 saturated carbocycles. The Morgan fingerprint density at radius 2 is 2.05 bits per heavy atom. The van der Waals surface area contributed by atoms with Crippen LogP contribution in [0.5, 0.6) is 5.75 Å². The van der Waals surface area contributed by atoms with Gasteiger partial charge in [0.25, 0.3) is 0 Å².